The zero-order valence-corrected chi connectivity index (χ0v) is 19.4. The van der Waals surface area contributed by atoms with Crippen LogP contribution in [0.15, 0.2) is 42.5 Å². The summed E-state index contributed by atoms with van der Waals surface area (Å²) in [4.78, 5) is 26.6. The van der Waals surface area contributed by atoms with Crippen LogP contribution in [0.3, 0.4) is 0 Å². The molecule has 0 saturated carbocycles. The van der Waals surface area contributed by atoms with Crippen LogP contribution in [-0.2, 0) is 16.0 Å². The molecule has 7 nitrogen and oxygen atoms in total. The van der Waals surface area contributed by atoms with Crippen molar-refractivity contribution in [2.24, 2.45) is 0 Å². The van der Waals surface area contributed by atoms with Gasteiger partial charge in [0.1, 0.15) is 10.8 Å². The van der Waals surface area contributed by atoms with Gasteiger partial charge in [-0.15, -0.1) is 10.2 Å². The minimum Gasteiger partial charge on any atom is -0.497 e. The van der Waals surface area contributed by atoms with Gasteiger partial charge in [-0.3, -0.25) is 9.59 Å². The Morgan fingerprint density at radius 2 is 2.03 bits per heavy atom. The van der Waals surface area contributed by atoms with Gasteiger partial charge >= 0.3 is 0 Å². The summed E-state index contributed by atoms with van der Waals surface area (Å²) >= 11 is 7.53. The van der Waals surface area contributed by atoms with Crippen molar-refractivity contribution in [3.05, 3.63) is 63.6 Å². The van der Waals surface area contributed by atoms with Crippen molar-refractivity contribution in [2.45, 2.75) is 32.1 Å². The largest absolute Gasteiger partial charge is 0.497 e. The molecule has 0 bridgehead atoms. The third-order valence-corrected chi connectivity index (χ3v) is 6.84. The third kappa shape index (κ3) is 5.08. The standard InChI is InChI=1S/C23H23ClN4O3S/c1-14-3-7-17(12-19(14)24)28-13-16(11-21(28)30)22-26-27-23(32-22)25-20(29)10-6-15-4-8-18(31-2)9-5-15/h3-5,7-9,12,16H,6,10-11,13H2,1-2H3,(H,25,27,29)/t16-/m0/s1. The number of benzene rings is 2. The molecule has 1 aliphatic heterocycles. The molecule has 1 aromatic heterocycles. The van der Waals surface area contributed by atoms with Crippen molar-refractivity contribution in [1.82, 2.24) is 10.2 Å². The fourth-order valence-corrected chi connectivity index (χ4v) is 4.58. The first-order valence-corrected chi connectivity index (χ1v) is 11.4. The van der Waals surface area contributed by atoms with E-state index in [0.29, 0.717) is 36.0 Å². The van der Waals surface area contributed by atoms with E-state index < -0.39 is 0 Å². The van der Waals surface area contributed by atoms with Gasteiger partial charge in [0.15, 0.2) is 0 Å². The fraction of sp³-hybridized carbons (Fsp3) is 0.304. The maximum absolute atomic E-state index is 12.6. The predicted molar refractivity (Wildman–Crippen MR) is 126 cm³/mol. The first-order chi connectivity index (χ1) is 15.4. The number of carbonyl (C=O) groups excluding carboxylic acids is 2. The Kier molecular flexibility index (Phi) is 6.72. The number of aryl methyl sites for hydroxylation is 2. The molecular formula is C23H23ClN4O3S. The van der Waals surface area contributed by atoms with E-state index in [2.05, 4.69) is 15.5 Å². The lowest BCUT2D eigenvalue weighted by Gasteiger charge is -2.17. The van der Waals surface area contributed by atoms with E-state index in [0.717, 1.165) is 27.6 Å². The monoisotopic (exact) mass is 470 g/mol. The number of hydrogen-bond acceptors (Lipinski definition) is 6. The van der Waals surface area contributed by atoms with Crippen LogP contribution in [0.2, 0.25) is 5.02 Å². The number of hydrogen-bond donors (Lipinski definition) is 1. The van der Waals surface area contributed by atoms with Crippen LogP contribution in [0.25, 0.3) is 0 Å². The first kappa shape index (κ1) is 22.2. The summed E-state index contributed by atoms with van der Waals surface area (Å²) in [5.41, 5.74) is 2.81. The van der Waals surface area contributed by atoms with E-state index in [9.17, 15) is 9.59 Å². The number of aromatic nitrogens is 2. The molecule has 1 atom stereocenters. The van der Waals surface area contributed by atoms with Gasteiger partial charge < -0.3 is 15.0 Å². The van der Waals surface area contributed by atoms with Crippen molar-refractivity contribution < 1.29 is 14.3 Å². The number of anilines is 2. The summed E-state index contributed by atoms with van der Waals surface area (Å²) in [6, 6.07) is 13.3. The summed E-state index contributed by atoms with van der Waals surface area (Å²) in [6.45, 7) is 2.44. The molecule has 1 aliphatic rings. The number of rotatable bonds is 7. The van der Waals surface area contributed by atoms with Crippen molar-refractivity contribution >= 4 is 45.6 Å². The molecule has 0 unspecified atom stereocenters. The lowest BCUT2D eigenvalue weighted by molar-refractivity contribution is -0.117. The van der Waals surface area contributed by atoms with Crippen LogP contribution >= 0.6 is 22.9 Å². The zero-order chi connectivity index (χ0) is 22.7. The number of nitrogens with one attached hydrogen (secondary N) is 1. The summed E-state index contributed by atoms with van der Waals surface area (Å²) in [7, 11) is 1.62. The molecule has 4 rings (SSSR count). The van der Waals surface area contributed by atoms with Gasteiger partial charge in [0, 0.05) is 36.0 Å². The van der Waals surface area contributed by atoms with Gasteiger partial charge in [-0.1, -0.05) is 41.1 Å². The molecule has 1 fully saturated rings. The van der Waals surface area contributed by atoms with E-state index >= 15 is 0 Å². The quantitative estimate of drug-likeness (QED) is 0.545. The molecule has 0 radical (unpaired) electrons. The molecular weight excluding hydrogens is 448 g/mol. The lowest BCUT2D eigenvalue weighted by Crippen LogP contribution is -2.24. The van der Waals surface area contributed by atoms with Crippen LogP contribution in [0, 0.1) is 6.92 Å². The number of halogens is 1. The number of carbonyl (C=O) groups is 2. The first-order valence-electron chi connectivity index (χ1n) is 10.3. The summed E-state index contributed by atoms with van der Waals surface area (Å²) < 4.78 is 5.14. The highest BCUT2D eigenvalue weighted by Gasteiger charge is 2.34. The maximum Gasteiger partial charge on any atom is 0.227 e. The van der Waals surface area contributed by atoms with Gasteiger partial charge in [0.2, 0.25) is 16.9 Å². The molecule has 1 saturated heterocycles. The minimum atomic E-state index is -0.123. The zero-order valence-electron chi connectivity index (χ0n) is 17.8. The molecule has 32 heavy (non-hydrogen) atoms. The predicted octanol–water partition coefficient (Wildman–Crippen LogP) is 4.60. The average Bonchev–Trinajstić information content (AvgIpc) is 3.41. The summed E-state index contributed by atoms with van der Waals surface area (Å²) in [5.74, 6) is 0.621. The van der Waals surface area contributed by atoms with Gasteiger partial charge in [0.25, 0.3) is 0 Å². The molecule has 3 aromatic rings. The Hall–Kier alpha value is -2.97. The van der Waals surface area contributed by atoms with E-state index in [1.807, 2.05) is 49.4 Å². The highest BCUT2D eigenvalue weighted by molar-refractivity contribution is 7.15. The van der Waals surface area contributed by atoms with Crippen molar-refractivity contribution in [3.63, 3.8) is 0 Å². The number of nitrogens with zero attached hydrogens (tertiary/aromatic N) is 3. The van der Waals surface area contributed by atoms with Crippen molar-refractivity contribution in [1.29, 1.82) is 0 Å². The number of ether oxygens (including phenoxy) is 1. The minimum absolute atomic E-state index is 0.0233. The third-order valence-electron chi connectivity index (χ3n) is 5.43. The Labute approximate surface area is 195 Å². The molecule has 1 N–H and O–H groups in total. The van der Waals surface area contributed by atoms with Crippen LogP contribution in [0.4, 0.5) is 10.8 Å². The van der Waals surface area contributed by atoms with Gasteiger partial charge in [-0.05, 0) is 48.7 Å². The van der Waals surface area contributed by atoms with E-state index in [1.165, 1.54) is 11.3 Å². The van der Waals surface area contributed by atoms with Crippen LogP contribution in [-0.4, -0.2) is 35.7 Å². The molecule has 0 spiro atoms. The lowest BCUT2D eigenvalue weighted by atomic mass is 10.1. The van der Waals surface area contributed by atoms with Gasteiger partial charge in [0.05, 0.1) is 7.11 Å². The Balaban J connectivity index is 1.33. The van der Waals surface area contributed by atoms with Gasteiger partial charge in [-0.25, -0.2) is 0 Å². The molecule has 0 aliphatic carbocycles. The second-order valence-corrected chi connectivity index (χ2v) is 9.10. The van der Waals surface area contributed by atoms with E-state index in [-0.39, 0.29) is 17.7 Å². The van der Waals surface area contributed by atoms with Crippen LogP contribution in [0.1, 0.15) is 34.9 Å². The van der Waals surface area contributed by atoms with Crippen molar-refractivity contribution in [3.8, 4) is 5.75 Å². The second kappa shape index (κ2) is 9.67. The normalized spacial score (nSPS) is 15.8. The SMILES string of the molecule is COc1ccc(CCC(=O)Nc2nnc([C@H]3CC(=O)N(c4ccc(C)c(Cl)c4)C3)s2)cc1. The second-order valence-electron chi connectivity index (χ2n) is 7.68. The molecule has 9 heteroatoms. The number of methoxy groups -OCH3 is 1. The fourth-order valence-electron chi connectivity index (χ4n) is 3.55. The Bertz CT molecular complexity index is 1130. The number of amides is 2. The topological polar surface area (TPSA) is 84.4 Å². The average molecular weight is 471 g/mol. The van der Waals surface area contributed by atoms with Crippen LogP contribution in [0.5, 0.6) is 5.75 Å². The highest BCUT2D eigenvalue weighted by atomic mass is 35.5. The summed E-state index contributed by atoms with van der Waals surface area (Å²) in [5, 5.41) is 12.9. The van der Waals surface area contributed by atoms with Crippen molar-refractivity contribution in [2.75, 3.05) is 23.9 Å². The summed E-state index contributed by atoms with van der Waals surface area (Å²) in [6.07, 6.45) is 1.31. The highest BCUT2D eigenvalue weighted by Crippen LogP contribution is 2.35. The molecule has 166 valence electrons. The molecule has 2 aromatic carbocycles. The molecule has 2 heterocycles. The maximum atomic E-state index is 12.6. The Morgan fingerprint density at radius 1 is 1.25 bits per heavy atom. The van der Waals surface area contributed by atoms with E-state index in [4.69, 9.17) is 16.3 Å². The Morgan fingerprint density at radius 3 is 2.75 bits per heavy atom. The van der Waals surface area contributed by atoms with Crippen LogP contribution < -0.4 is 15.0 Å². The van der Waals surface area contributed by atoms with E-state index in [1.54, 1.807) is 12.0 Å². The smallest absolute Gasteiger partial charge is 0.227 e. The molecule has 2 amide bonds. The van der Waals surface area contributed by atoms with Gasteiger partial charge in [-0.2, -0.15) is 0 Å².